The standard InChI is InChI=1S/C21H23N5OS.C2HF3O2/c1-14-7-8-18(28-14)13-25-10-15-9-19-23-24-20(26(19)12-16(15)11-25)21(27)22-17-5-3-2-4-6-17;3-2(4,5)1(6)7/h2-8,15-16H,9-13H2,1H3,(H,22,27);(H,6,7). The molecule has 1 saturated heterocycles. The van der Waals surface area contributed by atoms with Crippen molar-refractivity contribution in [3.8, 4) is 0 Å². The molecule has 1 aromatic carbocycles. The molecule has 2 aromatic heterocycles. The number of anilines is 1. The Kier molecular flexibility index (Phi) is 7.22. The van der Waals surface area contributed by atoms with E-state index >= 15 is 0 Å². The van der Waals surface area contributed by atoms with Gasteiger partial charge in [0.1, 0.15) is 5.82 Å². The molecule has 2 aliphatic heterocycles. The number of hydrogen-bond donors (Lipinski definition) is 2. The fourth-order valence-corrected chi connectivity index (χ4v) is 5.35. The molecule has 2 aliphatic rings. The third-order valence-electron chi connectivity index (χ3n) is 5.99. The van der Waals surface area contributed by atoms with Gasteiger partial charge in [0.25, 0.3) is 5.91 Å². The molecule has 0 saturated carbocycles. The van der Waals surface area contributed by atoms with E-state index in [9.17, 15) is 18.0 Å². The quantitative estimate of drug-likeness (QED) is 0.557. The van der Waals surface area contributed by atoms with Crippen LogP contribution in [0.15, 0.2) is 42.5 Å². The molecule has 35 heavy (non-hydrogen) atoms. The Bertz CT molecular complexity index is 1190. The Morgan fingerprint density at radius 1 is 1.09 bits per heavy atom. The maximum absolute atomic E-state index is 12.7. The van der Waals surface area contributed by atoms with Crippen molar-refractivity contribution in [2.45, 2.75) is 32.6 Å². The first-order valence-electron chi connectivity index (χ1n) is 11.0. The van der Waals surface area contributed by atoms with Gasteiger partial charge in [0.15, 0.2) is 0 Å². The summed E-state index contributed by atoms with van der Waals surface area (Å²) in [5.41, 5.74) is 0.775. The van der Waals surface area contributed by atoms with E-state index < -0.39 is 12.1 Å². The summed E-state index contributed by atoms with van der Waals surface area (Å²) in [7, 11) is 0. The summed E-state index contributed by atoms with van der Waals surface area (Å²) < 4.78 is 33.8. The number of alkyl halides is 3. The zero-order valence-corrected chi connectivity index (χ0v) is 19.6. The fraction of sp³-hybridized carbons (Fsp3) is 0.391. The monoisotopic (exact) mass is 507 g/mol. The summed E-state index contributed by atoms with van der Waals surface area (Å²) >= 11 is 1.88. The van der Waals surface area contributed by atoms with Crippen LogP contribution in [0.2, 0.25) is 0 Å². The fourth-order valence-electron chi connectivity index (χ4n) is 4.42. The van der Waals surface area contributed by atoms with E-state index in [1.54, 1.807) is 0 Å². The number of likely N-dealkylation sites (tertiary alicyclic amines) is 1. The van der Waals surface area contributed by atoms with Crippen molar-refractivity contribution in [1.29, 1.82) is 0 Å². The van der Waals surface area contributed by atoms with Gasteiger partial charge >= 0.3 is 12.1 Å². The number of aliphatic carboxylic acids is 1. The molecule has 0 bridgehead atoms. The minimum atomic E-state index is -5.08. The lowest BCUT2D eigenvalue weighted by Crippen LogP contribution is -2.31. The molecule has 186 valence electrons. The highest BCUT2D eigenvalue weighted by Crippen LogP contribution is 2.34. The van der Waals surface area contributed by atoms with Gasteiger partial charge in [0.2, 0.25) is 5.82 Å². The second-order valence-electron chi connectivity index (χ2n) is 8.60. The van der Waals surface area contributed by atoms with E-state index in [2.05, 4.69) is 39.5 Å². The summed E-state index contributed by atoms with van der Waals surface area (Å²) in [5.74, 6) is -0.437. The number of carboxylic acids is 1. The predicted molar refractivity (Wildman–Crippen MR) is 123 cm³/mol. The summed E-state index contributed by atoms with van der Waals surface area (Å²) in [6.07, 6.45) is -4.18. The van der Waals surface area contributed by atoms with E-state index in [1.165, 1.54) is 9.75 Å². The van der Waals surface area contributed by atoms with Crippen LogP contribution in [-0.4, -0.2) is 55.9 Å². The maximum Gasteiger partial charge on any atom is 0.490 e. The van der Waals surface area contributed by atoms with Crippen molar-refractivity contribution < 1.29 is 27.9 Å². The van der Waals surface area contributed by atoms with Gasteiger partial charge in [-0.3, -0.25) is 9.69 Å². The highest BCUT2D eigenvalue weighted by Gasteiger charge is 2.39. The third-order valence-corrected chi connectivity index (χ3v) is 6.98. The number of fused-ring (bicyclic) bond motifs is 2. The molecule has 0 radical (unpaired) electrons. The van der Waals surface area contributed by atoms with Crippen LogP contribution in [-0.2, 0) is 24.3 Å². The van der Waals surface area contributed by atoms with Gasteiger partial charge in [-0.1, -0.05) is 18.2 Å². The van der Waals surface area contributed by atoms with Crippen molar-refractivity contribution >= 4 is 28.9 Å². The van der Waals surface area contributed by atoms with Gasteiger partial charge in [0.05, 0.1) is 0 Å². The van der Waals surface area contributed by atoms with Crippen molar-refractivity contribution in [2.75, 3.05) is 18.4 Å². The molecule has 2 unspecified atom stereocenters. The second-order valence-corrected chi connectivity index (χ2v) is 9.98. The summed E-state index contributed by atoms with van der Waals surface area (Å²) in [6, 6.07) is 13.9. The SMILES string of the molecule is Cc1ccc(CN2CC3Cc4nnc(C(=O)Nc5ccccc5)n4CC3C2)s1.O=C(O)C(F)(F)F. The zero-order valence-electron chi connectivity index (χ0n) is 18.8. The predicted octanol–water partition coefficient (Wildman–Crippen LogP) is 3.84. The zero-order chi connectivity index (χ0) is 25.2. The molecule has 1 amide bonds. The van der Waals surface area contributed by atoms with Crippen molar-refractivity contribution in [2.24, 2.45) is 11.8 Å². The van der Waals surface area contributed by atoms with E-state index in [0.717, 1.165) is 44.1 Å². The van der Waals surface area contributed by atoms with Gasteiger partial charge in [0, 0.05) is 48.0 Å². The van der Waals surface area contributed by atoms with E-state index in [4.69, 9.17) is 9.90 Å². The Morgan fingerprint density at radius 2 is 1.77 bits per heavy atom. The second kappa shape index (κ2) is 10.2. The van der Waals surface area contributed by atoms with Gasteiger partial charge < -0.3 is 15.0 Å². The van der Waals surface area contributed by atoms with E-state index in [1.807, 2.05) is 46.2 Å². The number of carboxylic acid groups (broad SMARTS) is 1. The van der Waals surface area contributed by atoms with Crippen molar-refractivity contribution in [1.82, 2.24) is 19.7 Å². The number of para-hydroxylation sites is 1. The topological polar surface area (TPSA) is 100 Å². The minimum absolute atomic E-state index is 0.188. The Balaban J connectivity index is 0.000000364. The normalized spacial score (nSPS) is 19.3. The first-order chi connectivity index (χ1) is 16.6. The number of carbonyl (C=O) groups is 2. The molecular weight excluding hydrogens is 483 g/mol. The number of aromatic nitrogens is 3. The van der Waals surface area contributed by atoms with E-state index in [-0.39, 0.29) is 5.91 Å². The summed E-state index contributed by atoms with van der Waals surface area (Å²) in [4.78, 5) is 26.9. The average Bonchev–Trinajstić information content (AvgIpc) is 3.50. The molecule has 2 N–H and O–H groups in total. The lowest BCUT2D eigenvalue weighted by Gasteiger charge is -2.25. The van der Waals surface area contributed by atoms with Gasteiger partial charge in [-0.25, -0.2) is 4.79 Å². The molecule has 4 heterocycles. The number of rotatable bonds is 4. The van der Waals surface area contributed by atoms with Gasteiger partial charge in [-0.2, -0.15) is 13.2 Å². The number of amides is 1. The first-order valence-corrected chi connectivity index (χ1v) is 11.8. The lowest BCUT2D eigenvalue weighted by molar-refractivity contribution is -0.192. The molecule has 3 aromatic rings. The highest BCUT2D eigenvalue weighted by molar-refractivity contribution is 7.11. The van der Waals surface area contributed by atoms with Crippen LogP contribution in [0.4, 0.5) is 18.9 Å². The number of benzene rings is 1. The molecule has 1 fully saturated rings. The van der Waals surface area contributed by atoms with Crippen molar-refractivity contribution in [3.05, 3.63) is 63.9 Å². The maximum atomic E-state index is 12.7. The largest absolute Gasteiger partial charge is 0.490 e. The molecule has 8 nitrogen and oxygen atoms in total. The average molecular weight is 508 g/mol. The van der Waals surface area contributed by atoms with Crippen LogP contribution < -0.4 is 5.32 Å². The number of hydrogen-bond acceptors (Lipinski definition) is 6. The van der Waals surface area contributed by atoms with Crippen LogP contribution >= 0.6 is 11.3 Å². The molecular formula is C23H24F3N5O3S. The molecule has 0 aliphatic carbocycles. The third kappa shape index (κ3) is 6.06. The van der Waals surface area contributed by atoms with Crippen LogP contribution in [0.25, 0.3) is 0 Å². The smallest absolute Gasteiger partial charge is 0.475 e. The van der Waals surface area contributed by atoms with Gasteiger partial charge in [-0.05, 0) is 43.0 Å². The number of aryl methyl sites for hydroxylation is 1. The minimum Gasteiger partial charge on any atom is -0.475 e. The van der Waals surface area contributed by atoms with Crippen LogP contribution in [0, 0.1) is 18.8 Å². The van der Waals surface area contributed by atoms with Crippen LogP contribution in [0.1, 0.15) is 26.2 Å². The highest BCUT2D eigenvalue weighted by atomic mass is 32.1. The van der Waals surface area contributed by atoms with Crippen LogP contribution in [0.5, 0.6) is 0 Å². The number of thiophene rings is 1. The summed E-state index contributed by atoms with van der Waals surface area (Å²) in [6.45, 7) is 6.17. The van der Waals surface area contributed by atoms with Gasteiger partial charge in [-0.15, -0.1) is 21.5 Å². The molecule has 0 spiro atoms. The van der Waals surface area contributed by atoms with Crippen molar-refractivity contribution in [3.63, 3.8) is 0 Å². The number of carbonyl (C=O) groups excluding carboxylic acids is 1. The number of halogens is 3. The molecule has 12 heteroatoms. The molecule has 5 rings (SSSR count). The Morgan fingerprint density at radius 3 is 2.40 bits per heavy atom. The summed E-state index contributed by atoms with van der Waals surface area (Å²) in [5, 5.41) is 18.6. The Labute approximate surface area is 203 Å². The lowest BCUT2D eigenvalue weighted by atomic mass is 9.89. The number of nitrogens with one attached hydrogen (secondary N) is 1. The molecule has 2 atom stereocenters. The van der Waals surface area contributed by atoms with Crippen LogP contribution in [0.3, 0.4) is 0 Å². The number of nitrogens with zero attached hydrogens (tertiary/aromatic N) is 4. The first kappa shape index (κ1) is 24.9. The van der Waals surface area contributed by atoms with E-state index in [0.29, 0.717) is 17.7 Å². The Hall–Kier alpha value is -3.25.